The van der Waals surface area contributed by atoms with Crippen LogP contribution in [0.4, 0.5) is 5.69 Å². The third-order valence-corrected chi connectivity index (χ3v) is 13.7. The van der Waals surface area contributed by atoms with Crippen molar-refractivity contribution in [1.29, 1.82) is 0 Å². The number of carbonyl (C=O) groups is 4. The van der Waals surface area contributed by atoms with Crippen molar-refractivity contribution >= 4 is 51.7 Å². The number of fused-ring (bicyclic) bond motifs is 6. The van der Waals surface area contributed by atoms with Gasteiger partial charge in [-0.15, -0.1) is 11.3 Å². The number of hydrogen-bond donors (Lipinski definition) is 2. The molecular formula is C46H60N8O7S. The summed E-state index contributed by atoms with van der Waals surface area (Å²) in [4.78, 5) is 69.0. The lowest BCUT2D eigenvalue weighted by molar-refractivity contribution is -0.155. The predicted octanol–water partition coefficient (Wildman–Crippen LogP) is 5.15. The summed E-state index contributed by atoms with van der Waals surface area (Å²) in [6.07, 6.45) is 3.86. The van der Waals surface area contributed by atoms with Crippen molar-refractivity contribution in [2.45, 2.75) is 91.5 Å². The molecule has 2 amide bonds. The molecule has 3 aliphatic heterocycles. The first-order valence-corrected chi connectivity index (χ1v) is 22.9. The Morgan fingerprint density at radius 3 is 2.63 bits per heavy atom. The summed E-state index contributed by atoms with van der Waals surface area (Å²) in [5.41, 5.74) is 10.5. The van der Waals surface area contributed by atoms with E-state index < -0.39 is 41.3 Å². The second-order valence-electron chi connectivity index (χ2n) is 18.0. The SMILES string of the molecule is CCOC(=O)[C@H]1C[C@@H]1C(=O)N[C@H]1Cc2nc(cs2)-c2ccc3c(c2)c(c(-c2cc(N4CCN(C)CC4)cnc2[C@H](C)OC)n3CC)CC(C)(C)COC(=O)[C@@H]2CCCN(N2)C1=O. The van der Waals surface area contributed by atoms with Crippen LogP contribution in [0, 0.1) is 17.3 Å². The van der Waals surface area contributed by atoms with E-state index in [0.717, 1.165) is 76.5 Å². The summed E-state index contributed by atoms with van der Waals surface area (Å²) in [6, 6.07) is 7.00. The van der Waals surface area contributed by atoms with Gasteiger partial charge in [-0.2, -0.15) is 0 Å². The Kier molecular flexibility index (Phi) is 12.7. The van der Waals surface area contributed by atoms with Crippen molar-refractivity contribution in [2.75, 3.05) is 65.0 Å². The maximum atomic E-state index is 14.3. The number of hydrogen-bond acceptors (Lipinski definition) is 13. The van der Waals surface area contributed by atoms with Crippen LogP contribution in [0.15, 0.2) is 35.8 Å². The van der Waals surface area contributed by atoms with Crippen LogP contribution in [0.1, 0.15) is 76.3 Å². The first-order chi connectivity index (χ1) is 29.8. The number of rotatable bonds is 9. The molecule has 0 spiro atoms. The number of thiazole rings is 1. The molecule has 62 heavy (non-hydrogen) atoms. The van der Waals surface area contributed by atoms with Gasteiger partial charge in [0.05, 0.1) is 65.1 Å². The van der Waals surface area contributed by atoms with Gasteiger partial charge < -0.3 is 33.9 Å². The summed E-state index contributed by atoms with van der Waals surface area (Å²) in [5, 5.41) is 8.12. The second kappa shape index (κ2) is 18.1. The van der Waals surface area contributed by atoms with Gasteiger partial charge in [0.1, 0.15) is 12.1 Å². The van der Waals surface area contributed by atoms with Crippen LogP contribution < -0.4 is 15.6 Å². The van der Waals surface area contributed by atoms with Gasteiger partial charge in [0, 0.05) is 85.6 Å². The third kappa shape index (κ3) is 8.97. The highest BCUT2D eigenvalue weighted by molar-refractivity contribution is 7.10. The Hall–Kier alpha value is -4.90. The molecule has 5 atom stereocenters. The topological polar surface area (TPSA) is 160 Å². The van der Waals surface area contributed by atoms with Crippen LogP contribution in [0.25, 0.3) is 33.4 Å². The van der Waals surface area contributed by atoms with Gasteiger partial charge in [-0.3, -0.25) is 29.2 Å². The lowest BCUT2D eigenvalue weighted by Crippen LogP contribution is -2.60. The molecule has 4 aliphatic rings. The average Bonchev–Trinajstić information content (AvgIpc) is 3.86. The monoisotopic (exact) mass is 868 g/mol. The number of piperazine rings is 1. The number of aryl methyl sites for hydroxylation is 1. The number of likely N-dealkylation sites (N-methyl/N-ethyl adjacent to an activating group) is 1. The van der Waals surface area contributed by atoms with Gasteiger partial charge in [0.2, 0.25) is 5.91 Å². The largest absolute Gasteiger partial charge is 0.466 e. The fraction of sp³-hybridized carbons (Fsp3) is 0.565. The molecule has 15 nitrogen and oxygen atoms in total. The van der Waals surface area contributed by atoms with Crippen LogP contribution in [0.3, 0.4) is 0 Å². The number of benzene rings is 1. The Morgan fingerprint density at radius 1 is 1.10 bits per heavy atom. The molecule has 6 heterocycles. The molecule has 16 heteroatoms. The van der Waals surface area contributed by atoms with E-state index >= 15 is 0 Å². The Morgan fingerprint density at radius 2 is 1.89 bits per heavy atom. The van der Waals surface area contributed by atoms with E-state index in [1.807, 2.05) is 18.5 Å². The maximum absolute atomic E-state index is 14.3. The number of amides is 2. The van der Waals surface area contributed by atoms with E-state index in [-0.39, 0.29) is 37.6 Å². The molecular weight excluding hydrogens is 809 g/mol. The predicted molar refractivity (Wildman–Crippen MR) is 237 cm³/mol. The van der Waals surface area contributed by atoms with E-state index in [9.17, 15) is 19.2 Å². The van der Waals surface area contributed by atoms with Crippen molar-refractivity contribution in [1.82, 2.24) is 35.2 Å². The van der Waals surface area contributed by atoms with Crippen molar-refractivity contribution in [3.05, 3.63) is 52.1 Å². The molecule has 3 fully saturated rings. The van der Waals surface area contributed by atoms with E-state index in [2.05, 4.69) is 77.2 Å². The Balaban J connectivity index is 1.22. The summed E-state index contributed by atoms with van der Waals surface area (Å²) < 4.78 is 19.6. The lowest BCUT2D eigenvalue weighted by Gasteiger charge is -2.35. The lowest BCUT2D eigenvalue weighted by atomic mass is 9.84. The van der Waals surface area contributed by atoms with Gasteiger partial charge in [0.25, 0.3) is 5.91 Å². The van der Waals surface area contributed by atoms with E-state index in [1.165, 1.54) is 16.3 Å². The summed E-state index contributed by atoms with van der Waals surface area (Å²) in [5.74, 6) is -2.69. The standard InChI is InChI=1S/C46H60N8O7S/c1-8-53-38-13-12-28-19-30(38)34(41(53)33-20-29(24-47-40(33)27(3)59-7)52-17-15-51(6)16-18-52)23-46(4,5)26-61-45(58)35-11-10-14-54(50-35)43(56)36(22-39-48-37(28)25-62-39)49-42(55)31-21-32(31)44(57)60-9-2/h12-13,19-20,24-25,27,31-32,35-36,50H,8-11,14-18,21-23,26H2,1-7H3,(H,49,55)/t27-,31-,32-,35-,36-/m0/s1. The zero-order valence-corrected chi connectivity index (χ0v) is 37.8. The van der Waals surface area contributed by atoms with Crippen LogP contribution in [-0.4, -0.2) is 120 Å². The Labute approximate surface area is 367 Å². The zero-order chi connectivity index (χ0) is 43.9. The number of pyridine rings is 1. The number of ether oxygens (including phenoxy) is 3. The number of aromatic nitrogens is 3. The molecule has 6 bridgehead atoms. The van der Waals surface area contributed by atoms with E-state index in [4.69, 9.17) is 24.2 Å². The summed E-state index contributed by atoms with van der Waals surface area (Å²) >= 11 is 1.43. The maximum Gasteiger partial charge on any atom is 0.324 e. The van der Waals surface area contributed by atoms with Crippen LogP contribution in [-0.2, 0) is 52.8 Å². The fourth-order valence-corrected chi connectivity index (χ4v) is 9.96. The highest BCUT2D eigenvalue weighted by atomic mass is 32.1. The van der Waals surface area contributed by atoms with Crippen LogP contribution >= 0.6 is 11.3 Å². The number of cyclic esters (lactones) is 1. The smallest absolute Gasteiger partial charge is 0.324 e. The van der Waals surface area contributed by atoms with Gasteiger partial charge in [-0.05, 0) is 77.3 Å². The van der Waals surface area contributed by atoms with E-state index in [0.29, 0.717) is 43.8 Å². The molecule has 0 unspecified atom stereocenters. The third-order valence-electron chi connectivity index (χ3n) is 12.8. The first kappa shape index (κ1) is 43.7. The molecule has 332 valence electrons. The second-order valence-corrected chi connectivity index (χ2v) is 18.9. The fourth-order valence-electron chi connectivity index (χ4n) is 9.11. The molecule has 3 aromatic heterocycles. The van der Waals surface area contributed by atoms with Crippen molar-refractivity contribution < 1.29 is 33.4 Å². The summed E-state index contributed by atoms with van der Waals surface area (Å²) in [6.45, 7) is 15.4. The summed E-state index contributed by atoms with van der Waals surface area (Å²) in [7, 11) is 3.87. The van der Waals surface area contributed by atoms with Crippen molar-refractivity contribution in [3.8, 4) is 22.5 Å². The van der Waals surface area contributed by atoms with Gasteiger partial charge in [0.15, 0.2) is 0 Å². The van der Waals surface area contributed by atoms with Gasteiger partial charge in [-0.25, -0.2) is 10.4 Å². The minimum absolute atomic E-state index is 0.133. The number of anilines is 1. The minimum atomic E-state index is -0.987. The minimum Gasteiger partial charge on any atom is -0.466 e. The van der Waals surface area contributed by atoms with Gasteiger partial charge >= 0.3 is 11.9 Å². The number of carbonyl (C=O) groups excluding carboxylic acids is 4. The first-order valence-electron chi connectivity index (χ1n) is 22.1. The normalized spacial score (nSPS) is 23.7. The quantitative estimate of drug-likeness (QED) is 0.213. The number of nitrogens with one attached hydrogen (secondary N) is 2. The van der Waals surface area contributed by atoms with Crippen molar-refractivity contribution in [3.63, 3.8) is 0 Å². The average molecular weight is 869 g/mol. The number of methoxy groups -OCH3 is 1. The molecule has 2 saturated heterocycles. The molecule has 1 saturated carbocycles. The molecule has 1 aromatic carbocycles. The highest BCUT2D eigenvalue weighted by Gasteiger charge is 2.50. The van der Waals surface area contributed by atoms with Gasteiger partial charge in [-0.1, -0.05) is 19.9 Å². The molecule has 4 aromatic rings. The number of nitrogens with zero attached hydrogens (tertiary/aromatic N) is 6. The molecule has 1 aliphatic carbocycles. The Bertz CT molecular complexity index is 2330. The van der Waals surface area contributed by atoms with Crippen molar-refractivity contribution in [2.24, 2.45) is 17.3 Å². The highest BCUT2D eigenvalue weighted by Crippen LogP contribution is 2.43. The van der Waals surface area contributed by atoms with Crippen LogP contribution in [0.2, 0.25) is 0 Å². The molecule has 0 radical (unpaired) electrons. The molecule has 2 N–H and O–H groups in total. The van der Waals surface area contributed by atoms with Crippen LogP contribution in [0.5, 0.6) is 0 Å². The van der Waals surface area contributed by atoms with E-state index in [1.54, 1.807) is 14.0 Å². The number of esters is 2. The zero-order valence-electron chi connectivity index (χ0n) is 37.0. The molecule has 8 rings (SSSR count). The number of hydrazine groups is 1.